The summed E-state index contributed by atoms with van der Waals surface area (Å²) in [5.74, 6) is 1.40. The van der Waals surface area contributed by atoms with Crippen molar-refractivity contribution in [2.45, 2.75) is 32.9 Å². The number of likely N-dealkylation sites (tertiary alicyclic amines) is 1. The highest BCUT2D eigenvalue weighted by atomic mass is 19.1. The van der Waals surface area contributed by atoms with Crippen LogP contribution in [-0.4, -0.2) is 59.3 Å². The maximum Gasteiger partial charge on any atom is 0.194 e. The molecule has 1 aromatic heterocycles. The standard InChI is InChI=1S/C22H33FN6/c1-5-24-22(25-12-17-6-7-21(23)20(11-17)16-27(2)3)29-9-8-18(15-29)10-19-13-26-28(4)14-19/h6-7,11,13-14,18H,5,8-10,12,15-16H2,1-4H3,(H,24,25). The van der Waals surface area contributed by atoms with E-state index in [1.54, 1.807) is 6.07 Å². The van der Waals surface area contributed by atoms with Crippen LogP contribution in [0.4, 0.5) is 4.39 Å². The lowest BCUT2D eigenvalue weighted by molar-refractivity contribution is 0.392. The molecule has 2 heterocycles. The van der Waals surface area contributed by atoms with Crippen LogP contribution in [0.3, 0.4) is 0 Å². The fourth-order valence-electron chi connectivity index (χ4n) is 3.88. The van der Waals surface area contributed by atoms with E-state index < -0.39 is 0 Å². The Morgan fingerprint density at radius 2 is 2.17 bits per heavy atom. The average Bonchev–Trinajstić information content (AvgIpc) is 3.30. The molecule has 1 atom stereocenters. The van der Waals surface area contributed by atoms with Crippen LogP contribution in [0.1, 0.15) is 30.0 Å². The van der Waals surface area contributed by atoms with Crippen molar-refractivity contribution >= 4 is 5.96 Å². The van der Waals surface area contributed by atoms with Gasteiger partial charge in [0.1, 0.15) is 5.82 Å². The first-order valence-corrected chi connectivity index (χ1v) is 10.4. The van der Waals surface area contributed by atoms with E-state index >= 15 is 0 Å². The fourth-order valence-corrected chi connectivity index (χ4v) is 3.88. The van der Waals surface area contributed by atoms with Gasteiger partial charge in [0.25, 0.3) is 0 Å². The first-order chi connectivity index (χ1) is 13.9. The zero-order chi connectivity index (χ0) is 20.8. The van der Waals surface area contributed by atoms with E-state index in [0.717, 1.165) is 44.0 Å². The molecular weight excluding hydrogens is 367 g/mol. The highest BCUT2D eigenvalue weighted by Gasteiger charge is 2.25. The van der Waals surface area contributed by atoms with Gasteiger partial charge in [0.05, 0.1) is 12.7 Å². The third-order valence-electron chi connectivity index (χ3n) is 5.21. The number of guanidine groups is 1. The van der Waals surface area contributed by atoms with Gasteiger partial charge >= 0.3 is 0 Å². The number of halogens is 1. The molecule has 6 nitrogen and oxygen atoms in total. The monoisotopic (exact) mass is 400 g/mol. The van der Waals surface area contributed by atoms with E-state index in [4.69, 9.17) is 4.99 Å². The summed E-state index contributed by atoms with van der Waals surface area (Å²) in [6, 6.07) is 5.31. The minimum absolute atomic E-state index is 0.156. The molecule has 1 fully saturated rings. The minimum Gasteiger partial charge on any atom is -0.357 e. The number of rotatable bonds is 7. The Kier molecular flexibility index (Phi) is 7.25. The van der Waals surface area contributed by atoms with Crippen LogP contribution in [-0.2, 0) is 26.6 Å². The maximum absolute atomic E-state index is 14.0. The normalized spacial score (nSPS) is 17.4. The van der Waals surface area contributed by atoms with Gasteiger partial charge in [-0.1, -0.05) is 6.07 Å². The van der Waals surface area contributed by atoms with Gasteiger partial charge in [-0.15, -0.1) is 0 Å². The Labute approximate surface area is 173 Å². The summed E-state index contributed by atoms with van der Waals surface area (Å²) >= 11 is 0. The van der Waals surface area contributed by atoms with Crippen LogP contribution in [0, 0.1) is 11.7 Å². The lowest BCUT2D eigenvalue weighted by Crippen LogP contribution is -2.40. The molecule has 0 saturated carbocycles. The molecular formula is C22H33FN6. The van der Waals surface area contributed by atoms with Crippen molar-refractivity contribution < 1.29 is 4.39 Å². The predicted molar refractivity (Wildman–Crippen MR) is 115 cm³/mol. The lowest BCUT2D eigenvalue weighted by atomic mass is 10.0. The zero-order valence-electron chi connectivity index (χ0n) is 18.0. The maximum atomic E-state index is 14.0. The number of benzene rings is 1. The zero-order valence-corrected chi connectivity index (χ0v) is 18.0. The number of nitrogens with one attached hydrogen (secondary N) is 1. The summed E-state index contributed by atoms with van der Waals surface area (Å²) in [5.41, 5.74) is 3.04. The van der Waals surface area contributed by atoms with Crippen molar-refractivity contribution in [3.05, 3.63) is 53.1 Å². The lowest BCUT2D eigenvalue weighted by Gasteiger charge is -2.21. The Hall–Kier alpha value is -2.41. The van der Waals surface area contributed by atoms with Crippen LogP contribution >= 0.6 is 0 Å². The van der Waals surface area contributed by atoms with Crippen molar-refractivity contribution in [2.24, 2.45) is 18.0 Å². The fraction of sp³-hybridized carbons (Fsp3) is 0.545. The number of hydrogen-bond acceptors (Lipinski definition) is 3. The molecule has 3 rings (SSSR count). The second-order valence-corrected chi connectivity index (χ2v) is 8.16. The molecule has 29 heavy (non-hydrogen) atoms. The minimum atomic E-state index is -0.156. The Morgan fingerprint density at radius 3 is 2.86 bits per heavy atom. The largest absolute Gasteiger partial charge is 0.357 e. The number of nitrogens with zero attached hydrogens (tertiary/aromatic N) is 5. The summed E-state index contributed by atoms with van der Waals surface area (Å²) in [6.07, 6.45) is 6.27. The molecule has 2 aromatic rings. The van der Waals surface area contributed by atoms with Crippen molar-refractivity contribution in [1.82, 2.24) is 24.9 Å². The first-order valence-electron chi connectivity index (χ1n) is 10.4. The van der Waals surface area contributed by atoms with Gasteiger partial charge in [-0.05, 0) is 63.0 Å². The molecule has 1 aliphatic rings. The van der Waals surface area contributed by atoms with Crippen LogP contribution < -0.4 is 5.32 Å². The Morgan fingerprint density at radius 1 is 1.34 bits per heavy atom. The molecule has 1 aromatic carbocycles. The molecule has 1 N–H and O–H groups in total. The van der Waals surface area contributed by atoms with Gasteiger partial charge in [-0.2, -0.15) is 5.10 Å². The van der Waals surface area contributed by atoms with E-state index in [9.17, 15) is 4.39 Å². The van der Waals surface area contributed by atoms with E-state index in [1.807, 2.05) is 49.1 Å². The Balaban J connectivity index is 1.64. The van der Waals surface area contributed by atoms with E-state index in [2.05, 4.69) is 28.4 Å². The van der Waals surface area contributed by atoms with Crippen LogP contribution in [0.25, 0.3) is 0 Å². The predicted octanol–water partition coefficient (Wildman–Crippen LogP) is 2.65. The van der Waals surface area contributed by atoms with Crippen molar-refractivity contribution in [3.8, 4) is 0 Å². The van der Waals surface area contributed by atoms with E-state index in [0.29, 0.717) is 24.6 Å². The smallest absolute Gasteiger partial charge is 0.194 e. The third-order valence-corrected chi connectivity index (χ3v) is 5.21. The van der Waals surface area contributed by atoms with E-state index in [1.165, 1.54) is 5.56 Å². The van der Waals surface area contributed by atoms with Gasteiger partial charge in [-0.3, -0.25) is 4.68 Å². The summed E-state index contributed by atoms with van der Waals surface area (Å²) < 4.78 is 15.9. The molecule has 158 valence electrons. The topological polar surface area (TPSA) is 48.7 Å². The van der Waals surface area contributed by atoms with Gasteiger partial charge in [0, 0.05) is 45.0 Å². The molecule has 0 radical (unpaired) electrons. The van der Waals surface area contributed by atoms with Gasteiger partial charge < -0.3 is 15.1 Å². The van der Waals surface area contributed by atoms with E-state index in [-0.39, 0.29) is 5.82 Å². The quantitative estimate of drug-likeness (QED) is 0.573. The summed E-state index contributed by atoms with van der Waals surface area (Å²) in [5, 5.41) is 7.69. The van der Waals surface area contributed by atoms with Crippen molar-refractivity contribution in [1.29, 1.82) is 0 Å². The number of aryl methyl sites for hydroxylation is 1. The summed E-state index contributed by atoms with van der Waals surface area (Å²) in [4.78, 5) is 9.16. The second-order valence-electron chi connectivity index (χ2n) is 8.16. The molecule has 1 aliphatic heterocycles. The van der Waals surface area contributed by atoms with Crippen molar-refractivity contribution in [3.63, 3.8) is 0 Å². The van der Waals surface area contributed by atoms with Crippen LogP contribution in [0.5, 0.6) is 0 Å². The molecule has 1 saturated heterocycles. The number of hydrogen-bond donors (Lipinski definition) is 1. The highest BCUT2D eigenvalue weighted by Crippen LogP contribution is 2.21. The summed E-state index contributed by atoms with van der Waals surface area (Å²) in [7, 11) is 5.85. The van der Waals surface area contributed by atoms with Crippen LogP contribution in [0.15, 0.2) is 35.6 Å². The molecule has 0 bridgehead atoms. The molecule has 1 unspecified atom stereocenters. The molecule has 0 aliphatic carbocycles. The number of aromatic nitrogens is 2. The average molecular weight is 401 g/mol. The molecule has 7 heteroatoms. The highest BCUT2D eigenvalue weighted by molar-refractivity contribution is 5.80. The van der Waals surface area contributed by atoms with Gasteiger partial charge in [-0.25, -0.2) is 9.38 Å². The SMILES string of the molecule is CCNC(=NCc1ccc(F)c(CN(C)C)c1)N1CCC(Cc2cnn(C)c2)C1. The first kappa shape index (κ1) is 21.3. The van der Waals surface area contributed by atoms with Crippen molar-refractivity contribution in [2.75, 3.05) is 33.7 Å². The van der Waals surface area contributed by atoms with Crippen LogP contribution in [0.2, 0.25) is 0 Å². The number of aliphatic imine (C=N–C) groups is 1. The second kappa shape index (κ2) is 9.87. The molecule has 0 amide bonds. The summed E-state index contributed by atoms with van der Waals surface area (Å²) in [6.45, 7) is 6.06. The Bertz CT molecular complexity index is 828. The van der Waals surface area contributed by atoms with Gasteiger partial charge in [0.15, 0.2) is 5.96 Å². The third kappa shape index (κ3) is 6.03. The van der Waals surface area contributed by atoms with Gasteiger partial charge in [0.2, 0.25) is 0 Å². The molecule has 0 spiro atoms.